The molecule has 0 fully saturated rings. The molecule has 0 aromatic rings. The molecule has 0 spiro atoms. The fraction of sp³-hybridized carbons (Fsp3) is 0.846. The van der Waals surface area contributed by atoms with Crippen LogP contribution in [0.1, 0.15) is 33.6 Å². The molecule has 0 saturated carbocycles. The second-order valence-corrected chi connectivity index (χ2v) is 4.06. The van der Waals surface area contributed by atoms with Crippen molar-refractivity contribution in [2.24, 2.45) is 10.7 Å². The van der Waals surface area contributed by atoms with Gasteiger partial charge in [-0.3, -0.25) is 9.79 Å². The van der Waals surface area contributed by atoms with Crippen LogP contribution in [0.15, 0.2) is 4.99 Å². The minimum Gasteiger partial charge on any atom is -0.382 e. The van der Waals surface area contributed by atoms with Crippen molar-refractivity contribution in [2.75, 3.05) is 39.4 Å². The topological polar surface area (TPSA) is 80.0 Å². The number of ether oxygens (including phenoxy) is 1. The van der Waals surface area contributed by atoms with Crippen LogP contribution in [-0.4, -0.2) is 56.2 Å². The van der Waals surface area contributed by atoms with E-state index in [0.29, 0.717) is 32.1 Å². The largest absolute Gasteiger partial charge is 0.382 e. The molecule has 6 nitrogen and oxygen atoms in total. The summed E-state index contributed by atoms with van der Waals surface area (Å²) >= 11 is 0. The first-order valence-corrected chi connectivity index (χ1v) is 7.04. The first kappa shape index (κ1) is 17.7. The molecule has 0 saturated heterocycles. The predicted molar refractivity (Wildman–Crippen MR) is 78.1 cm³/mol. The maximum absolute atomic E-state index is 11.7. The molecule has 6 heteroatoms. The van der Waals surface area contributed by atoms with Gasteiger partial charge in [0.2, 0.25) is 5.91 Å². The highest BCUT2D eigenvalue weighted by atomic mass is 16.5. The van der Waals surface area contributed by atoms with Gasteiger partial charge in [-0.15, -0.1) is 0 Å². The van der Waals surface area contributed by atoms with Gasteiger partial charge in [0.15, 0.2) is 5.96 Å². The summed E-state index contributed by atoms with van der Waals surface area (Å²) in [5.74, 6) is 0.533. The van der Waals surface area contributed by atoms with Crippen molar-refractivity contribution in [3.05, 3.63) is 0 Å². The van der Waals surface area contributed by atoms with Crippen LogP contribution < -0.4 is 11.1 Å². The summed E-state index contributed by atoms with van der Waals surface area (Å²) in [4.78, 5) is 17.7. The lowest BCUT2D eigenvalue weighted by Crippen LogP contribution is -2.37. The maximum Gasteiger partial charge on any atom is 0.224 e. The smallest absolute Gasteiger partial charge is 0.224 e. The van der Waals surface area contributed by atoms with Crippen LogP contribution >= 0.6 is 0 Å². The number of nitrogens with zero attached hydrogens (tertiary/aromatic N) is 2. The van der Waals surface area contributed by atoms with E-state index in [4.69, 9.17) is 10.5 Å². The fourth-order valence-corrected chi connectivity index (χ4v) is 1.60. The number of nitrogens with two attached hydrogens (primary N) is 1. The molecule has 0 aliphatic carbocycles. The highest BCUT2D eigenvalue weighted by Gasteiger charge is 2.08. The van der Waals surface area contributed by atoms with E-state index in [-0.39, 0.29) is 5.91 Å². The molecule has 0 radical (unpaired) electrons. The quantitative estimate of drug-likeness (QED) is 0.346. The minimum atomic E-state index is 0.140. The molecule has 0 heterocycles. The molecule has 0 aliphatic heterocycles. The van der Waals surface area contributed by atoms with Gasteiger partial charge in [-0.1, -0.05) is 0 Å². The van der Waals surface area contributed by atoms with Gasteiger partial charge in [0, 0.05) is 45.8 Å². The van der Waals surface area contributed by atoms with Crippen LogP contribution in [0.3, 0.4) is 0 Å². The zero-order valence-electron chi connectivity index (χ0n) is 12.4. The Morgan fingerprint density at radius 2 is 2.00 bits per heavy atom. The van der Waals surface area contributed by atoms with E-state index in [1.165, 1.54) is 0 Å². The lowest BCUT2D eigenvalue weighted by Gasteiger charge is -2.18. The first-order chi connectivity index (χ1) is 9.15. The molecule has 0 atom stereocenters. The summed E-state index contributed by atoms with van der Waals surface area (Å²) in [5, 5.41) is 2.95. The van der Waals surface area contributed by atoms with Crippen LogP contribution in [0.25, 0.3) is 0 Å². The number of hydrogen-bond donors (Lipinski definition) is 2. The molecule has 0 aromatic heterocycles. The van der Waals surface area contributed by atoms with Crippen molar-refractivity contribution in [3.63, 3.8) is 0 Å². The number of hydrogen-bond acceptors (Lipinski definition) is 3. The number of guanidine groups is 1. The van der Waals surface area contributed by atoms with E-state index in [1.54, 1.807) is 4.90 Å². The third kappa shape index (κ3) is 9.30. The molecule has 0 rings (SSSR count). The van der Waals surface area contributed by atoms with Crippen LogP contribution in [0.4, 0.5) is 0 Å². The molecule has 1 amide bonds. The lowest BCUT2D eigenvalue weighted by atomic mass is 10.3. The normalized spacial score (nSPS) is 11.4. The Labute approximate surface area is 116 Å². The summed E-state index contributed by atoms with van der Waals surface area (Å²) in [6.45, 7) is 10.0. The van der Waals surface area contributed by atoms with Crippen LogP contribution in [-0.2, 0) is 9.53 Å². The molecule has 19 heavy (non-hydrogen) atoms. The summed E-state index contributed by atoms with van der Waals surface area (Å²) in [6, 6.07) is 0. The predicted octanol–water partition coefficient (Wildman–Crippen LogP) is 0.576. The minimum absolute atomic E-state index is 0.140. The molecular weight excluding hydrogens is 244 g/mol. The number of carbonyl (C=O) groups is 1. The van der Waals surface area contributed by atoms with E-state index in [9.17, 15) is 4.79 Å². The Morgan fingerprint density at radius 1 is 1.32 bits per heavy atom. The third-order valence-electron chi connectivity index (χ3n) is 2.69. The Morgan fingerprint density at radius 3 is 2.58 bits per heavy atom. The molecule has 0 aliphatic rings. The summed E-state index contributed by atoms with van der Waals surface area (Å²) in [7, 11) is 0. The average molecular weight is 272 g/mol. The maximum atomic E-state index is 11.7. The van der Waals surface area contributed by atoms with Crippen molar-refractivity contribution < 1.29 is 9.53 Å². The van der Waals surface area contributed by atoms with Crippen LogP contribution in [0, 0.1) is 0 Å². The van der Waals surface area contributed by atoms with E-state index in [2.05, 4.69) is 10.3 Å². The highest BCUT2D eigenvalue weighted by Crippen LogP contribution is 1.92. The van der Waals surface area contributed by atoms with E-state index < -0.39 is 0 Å². The number of aliphatic imine (C=N–C) groups is 1. The number of carbonyl (C=O) groups excluding carboxylic acids is 1. The molecular formula is C13H28N4O2. The van der Waals surface area contributed by atoms with E-state index in [0.717, 1.165) is 26.1 Å². The number of amides is 1. The van der Waals surface area contributed by atoms with Gasteiger partial charge in [0.1, 0.15) is 0 Å². The summed E-state index contributed by atoms with van der Waals surface area (Å²) < 4.78 is 5.20. The van der Waals surface area contributed by atoms with Gasteiger partial charge < -0.3 is 20.7 Å². The van der Waals surface area contributed by atoms with Crippen LogP contribution in [0.2, 0.25) is 0 Å². The van der Waals surface area contributed by atoms with Crippen LogP contribution in [0.5, 0.6) is 0 Å². The van der Waals surface area contributed by atoms with Gasteiger partial charge in [-0.05, 0) is 27.2 Å². The zero-order valence-corrected chi connectivity index (χ0v) is 12.4. The van der Waals surface area contributed by atoms with Crippen molar-refractivity contribution in [3.8, 4) is 0 Å². The summed E-state index contributed by atoms with van der Waals surface area (Å²) in [5.41, 5.74) is 5.69. The SMILES string of the molecule is CCOCCCN=C(N)NCCC(=O)N(CC)CC. The Balaban J connectivity index is 3.69. The van der Waals surface area contributed by atoms with E-state index in [1.807, 2.05) is 20.8 Å². The lowest BCUT2D eigenvalue weighted by molar-refractivity contribution is -0.130. The molecule has 112 valence electrons. The number of rotatable bonds is 10. The summed E-state index contributed by atoms with van der Waals surface area (Å²) in [6.07, 6.45) is 1.30. The van der Waals surface area contributed by atoms with Crippen molar-refractivity contribution in [2.45, 2.75) is 33.6 Å². The van der Waals surface area contributed by atoms with Gasteiger partial charge in [0.05, 0.1) is 0 Å². The first-order valence-electron chi connectivity index (χ1n) is 7.04. The Bertz CT molecular complexity index is 265. The fourth-order valence-electron chi connectivity index (χ4n) is 1.60. The van der Waals surface area contributed by atoms with Gasteiger partial charge in [-0.2, -0.15) is 0 Å². The monoisotopic (exact) mass is 272 g/mol. The molecule has 0 unspecified atom stereocenters. The van der Waals surface area contributed by atoms with E-state index >= 15 is 0 Å². The highest BCUT2D eigenvalue weighted by molar-refractivity contribution is 5.80. The van der Waals surface area contributed by atoms with Crippen molar-refractivity contribution >= 4 is 11.9 Å². The zero-order chi connectivity index (χ0) is 14.5. The Kier molecular flexibility index (Phi) is 11.0. The molecule has 0 aromatic carbocycles. The molecule has 0 bridgehead atoms. The van der Waals surface area contributed by atoms with Gasteiger partial charge in [-0.25, -0.2) is 0 Å². The standard InChI is InChI=1S/C13H28N4O2/c1-4-17(5-2)12(18)8-10-16-13(14)15-9-7-11-19-6-3/h4-11H2,1-3H3,(H3,14,15,16). The average Bonchev–Trinajstić information content (AvgIpc) is 2.40. The second-order valence-electron chi connectivity index (χ2n) is 4.06. The van der Waals surface area contributed by atoms with Crippen molar-refractivity contribution in [1.82, 2.24) is 10.2 Å². The Hall–Kier alpha value is -1.30. The molecule has 3 N–H and O–H groups in total. The van der Waals surface area contributed by atoms with Gasteiger partial charge in [0.25, 0.3) is 0 Å². The van der Waals surface area contributed by atoms with Gasteiger partial charge >= 0.3 is 0 Å². The number of nitrogens with one attached hydrogen (secondary N) is 1. The second kappa shape index (κ2) is 11.8. The van der Waals surface area contributed by atoms with Crippen molar-refractivity contribution in [1.29, 1.82) is 0 Å². The third-order valence-corrected chi connectivity index (χ3v) is 2.69.